The lowest BCUT2D eigenvalue weighted by atomic mass is 10.1. The number of alkyl halides is 3. The summed E-state index contributed by atoms with van der Waals surface area (Å²) in [6.07, 6.45) is 0.131. The number of ether oxygens (including phenoxy) is 1. The van der Waals surface area contributed by atoms with E-state index in [0.29, 0.717) is 11.3 Å². The van der Waals surface area contributed by atoms with Crippen LogP contribution in [0.3, 0.4) is 0 Å². The van der Waals surface area contributed by atoms with Crippen LogP contribution in [0.25, 0.3) is 0 Å². The molecule has 0 aliphatic rings. The fourth-order valence-electron chi connectivity index (χ4n) is 1.53. The molecule has 1 aromatic rings. The molecule has 19 heavy (non-hydrogen) atoms. The second-order valence-corrected chi connectivity index (χ2v) is 5.73. The molecule has 1 N–H and O–H groups in total. The molecule has 0 radical (unpaired) electrons. The standard InChI is InChI=1S/C11H14F3NO3S/c1-8(15-19(16,17)11(12,13)14)6-9-4-3-5-10(7-9)18-2/h3-5,7-8,15H,6H2,1-2H3. The largest absolute Gasteiger partial charge is 0.511 e. The molecule has 0 amide bonds. The highest BCUT2D eigenvalue weighted by Crippen LogP contribution is 2.22. The van der Waals surface area contributed by atoms with E-state index in [0.717, 1.165) is 0 Å². The maximum atomic E-state index is 12.2. The van der Waals surface area contributed by atoms with Gasteiger partial charge in [0.15, 0.2) is 0 Å². The molecule has 1 unspecified atom stereocenters. The van der Waals surface area contributed by atoms with Crippen molar-refractivity contribution >= 4 is 10.0 Å². The first-order chi connectivity index (χ1) is 8.65. The third-order valence-electron chi connectivity index (χ3n) is 2.34. The van der Waals surface area contributed by atoms with Crippen LogP contribution in [-0.4, -0.2) is 27.1 Å². The Hall–Kier alpha value is -1.28. The first-order valence-corrected chi connectivity index (χ1v) is 6.85. The highest BCUT2D eigenvalue weighted by atomic mass is 32.2. The van der Waals surface area contributed by atoms with E-state index in [9.17, 15) is 21.6 Å². The van der Waals surface area contributed by atoms with Gasteiger partial charge in [-0.25, -0.2) is 13.1 Å². The van der Waals surface area contributed by atoms with Gasteiger partial charge >= 0.3 is 15.5 Å². The van der Waals surface area contributed by atoms with Gasteiger partial charge in [-0.2, -0.15) is 13.2 Å². The van der Waals surface area contributed by atoms with Crippen molar-refractivity contribution in [1.29, 1.82) is 0 Å². The quantitative estimate of drug-likeness (QED) is 0.905. The third-order valence-corrected chi connectivity index (χ3v) is 3.66. The van der Waals surface area contributed by atoms with Crippen molar-refractivity contribution in [3.05, 3.63) is 29.8 Å². The number of methoxy groups -OCH3 is 1. The number of benzene rings is 1. The summed E-state index contributed by atoms with van der Waals surface area (Å²) < 4.78 is 64.9. The Morgan fingerprint density at radius 3 is 2.53 bits per heavy atom. The van der Waals surface area contributed by atoms with E-state index in [1.165, 1.54) is 14.0 Å². The van der Waals surface area contributed by atoms with Gasteiger partial charge in [0.25, 0.3) is 0 Å². The second-order valence-electron chi connectivity index (χ2n) is 4.02. The van der Waals surface area contributed by atoms with Gasteiger partial charge in [0.2, 0.25) is 0 Å². The van der Waals surface area contributed by atoms with E-state index in [4.69, 9.17) is 4.74 Å². The highest BCUT2D eigenvalue weighted by Gasteiger charge is 2.46. The first-order valence-electron chi connectivity index (χ1n) is 5.37. The minimum atomic E-state index is -5.31. The molecule has 0 aliphatic carbocycles. The van der Waals surface area contributed by atoms with Crippen LogP contribution in [0.4, 0.5) is 13.2 Å². The van der Waals surface area contributed by atoms with Crippen molar-refractivity contribution in [2.24, 2.45) is 0 Å². The van der Waals surface area contributed by atoms with Crippen molar-refractivity contribution in [2.45, 2.75) is 24.9 Å². The maximum absolute atomic E-state index is 12.2. The van der Waals surface area contributed by atoms with Crippen LogP contribution in [0.1, 0.15) is 12.5 Å². The third kappa shape index (κ3) is 4.39. The zero-order valence-corrected chi connectivity index (χ0v) is 11.2. The molecule has 0 fully saturated rings. The van der Waals surface area contributed by atoms with Crippen LogP contribution in [0.5, 0.6) is 5.75 Å². The highest BCUT2D eigenvalue weighted by molar-refractivity contribution is 7.90. The summed E-state index contributed by atoms with van der Waals surface area (Å²) in [7, 11) is -3.85. The summed E-state index contributed by atoms with van der Waals surface area (Å²) in [6.45, 7) is 1.36. The molecule has 1 aromatic carbocycles. The fourth-order valence-corrected chi connectivity index (χ4v) is 2.27. The number of sulfonamides is 1. The smallest absolute Gasteiger partial charge is 0.497 e. The van der Waals surface area contributed by atoms with Crippen LogP contribution < -0.4 is 9.46 Å². The fraction of sp³-hybridized carbons (Fsp3) is 0.455. The Balaban J connectivity index is 2.73. The van der Waals surface area contributed by atoms with Gasteiger partial charge in [-0.15, -0.1) is 0 Å². The number of halogens is 3. The second kappa shape index (κ2) is 5.79. The molecule has 1 rings (SSSR count). The van der Waals surface area contributed by atoms with Crippen LogP contribution in [0.15, 0.2) is 24.3 Å². The van der Waals surface area contributed by atoms with Gasteiger partial charge in [-0.3, -0.25) is 0 Å². The molecule has 0 heterocycles. The summed E-state index contributed by atoms with van der Waals surface area (Å²) in [5, 5.41) is 0. The Morgan fingerprint density at radius 1 is 1.37 bits per heavy atom. The molecule has 0 aliphatic heterocycles. The van der Waals surface area contributed by atoms with E-state index in [1.807, 2.05) is 0 Å². The molecule has 8 heteroatoms. The Morgan fingerprint density at radius 2 is 2.00 bits per heavy atom. The van der Waals surface area contributed by atoms with E-state index in [-0.39, 0.29) is 6.42 Å². The van der Waals surface area contributed by atoms with E-state index in [1.54, 1.807) is 29.0 Å². The van der Waals surface area contributed by atoms with Crippen LogP contribution in [0, 0.1) is 0 Å². The van der Waals surface area contributed by atoms with Crippen molar-refractivity contribution < 1.29 is 26.3 Å². The average Bonchev–Trinajstić information content (AvgIpc) is 2.26. The lowest BCUT2D eigenvalue weighted by Crippen LogP contribution is -2.42. The van der Waals surface area contributed by atoms with Crippen molar-refractivity contribution in [3.8, 4) is 5.75 Å². The maximum Gasteiger partial charge on any atom is 0.511 e. The summed E-state index contributed by atoms with van der Waals surface area (Å²) in [5.41, 5.74) is -4.62. The summed E-state index contributed by atoms with van der Waals surface area (Å²) in [5.74, 6) is 0.559. The van der Waals surface area contributed by atoms with Gasteiger partial charge in [-0.05, 0) is 31.0 Å². The van der Waals surface area contributed by atoms with Gasteiger partial charge in [0, 0.05) is 6.04 Å². The zero-order valence-electron chi connectivity index (χ0n) is 10.4. The minimum absolute atomic E-state index is 0.131. The first kappa shape index (κ1) is 15.8. The van der Waals surface area contributed by atoms with Gasteiger partial charge in [0.1, 0.15) is 5.75 Å². The summed E-state index contributed by atoms with van der Waals surface area (Å²) in [6, 6.07) is 5.81. The lowest BCUT2D eigenvalue weighted by molar-refractivity contribution is -0.0450. The number of hydrogen-bond donors (Lipinski definition) is 1. The molecular weight excluding hydrogens is 283 g/mol. The van der Waals surface area contributed by atoms with Crippen LogP contribution in [-0.2, 0) is 16.4 Å². The van der Waals surface area contributed by atoms with E-state index < -0.39 is 21.6 Å². The summed E-state index contributed by atoms with van der Waals surface area (Å²) in [4.78, 5) is 0. The molecule has 0 spiro atoms. The molecule has 0 saturated heterocycles. The normalized spacial score (nSPS) is 14.2. The lowest BCUT2D eigenvalue weighted by Gasteiger charge is -2.16. The van der Waals surface area contributed by atoms with Crippen LogP contribution in [0.2, 0.25) is 0 Å². The predicted octanol–water partition coefficient (Wildman–Crippen LogP) is 2.07. The topological polar surface area (TPSA) is 55.4 Å². The summed E-state index contributed by atoms with van der Waals surface area (Å²) >= 11 is 0. The molecule has 4 nitrogen and oxygen atoms in total. The van der Waals surface area contributed by atoms with E-state index in [2.05, 4.69) is 0 Å². The molecule has 108 valence electrons. The van der Waals surface area contributed by atoms with Crippen molar-refractivity contribution in [3.63, 3.8) is 0 Å². The Kier molecular flexibility index (Phi) is 4.81. The molecule has 0 saturated carbocycles. The number of rotatable bonds is 5. The Labute approximate surface area is 109 Å². The van der Waals surface area contributed by atoms with Gasteiger partial charge in [0.05, 0.1) is 7.11 Å². The zero-order chi connectivity index (χ0) is 14.7. The van der Waals surface area contributed by atoms with Gasteiger partial charge in [-0.1, -0.05) is 12.1 Å². The number of nitrogens with one attached hydrogen (secondary N) is 1. The van der Waals surface area contributed by atoms with Crippen molar-refractivity contribution in [2.75, 3.05) is 7.11 Å². The average molecular weight is 297 g/mol. The molecule has 0 aromatic heterocycles. The number of hydrogen-bond acceptors (Lipinski definition) is 3. The molecule has 1 atom stereocenters. The van der Waals surface area contributed by atoms with Gasteiger partial charge < -0.3 is 4.74 Å². The monoisotopic (exact) mass is 297 g/mol. The van der Waals surface area contributed by atoms with Crippen LogP contribution >= 0.6 is 0 Å². The minimum Gasteiger partial charge on any atom is -0.497 e. The predicted molar refractivity (Wildman–Crippen MR) is 64.3 cm³/mol. The SMILES string of the molecule is COc1cccc(CC(C)NS(=O)(=O)C(F)(F)F)c1. The Bertz CT molecular complexity index is 528. The molecule has 0 bridgehead atoms. The molecular formula is C11H14F3NO3S. The van der Waals surface area contributed by atoms with E-state index >= 15 is 0 Å². The van der Waals surface area contributed by atoms with Crippen molar-refractivity contribution in [1.82, 2.24) is 4.72 Å².